The van der Waals surface area contributed by atoms with Gasteiger partial charge in [0.1, 0.15) is 0 Å². The minimum absolute atomic E-state index is 0.0299. The average Bonchev–Trinajstić information content (AvgIpc) is 2.95. The molecule has 0 aliphatic rings. The predicted octanol–water partition coefficient (Wildman–Crippen LogP) is 1.43. The van der Waals surface area contributed by atoms with Gasteiger partial charge in [0.05, 0.1) is 18.8 Å². The summed E-state index contributed by atoms with van der Waals surface area (Å²) in [4.78, 5) is 12.2. The number of rotatable bonds is 6. The SMILES string of the molecule is CCC(NC(=O)c1cn(CCN)nn1)c1ccc(C)cc1. The average molecular weight is 287 g/mol. The Kier molecular flexibility index (Phi) is 5.05. The van der Waals surface area contributed by atoms with Gasteiger partial charge in [-0.1, -0.05) is 42.0 Å². The van der Waals surface area contributed by atoms with Crippen LogP contribution in [0, 0.1) is 6.92 Å². The van der Waals surface area contributed by atoms with Gasteiger partial charge in [0, 0.05) is 6.54 Å². The summed E-state index contributed by atoms with van der Waals surface area (Å²) >= 11 is 0. The fourth-order valence-electron chi connectivity index (χ4n) is 2.10. The number of nitrogens with zero attached hydrogens (tertiary/aromatic N) is 3. The summed E-state index contributed by atoms with van der Waals surface area (Å²) < 4.78 is 1.57. The standard InChI is InChI=1S/C15H21N5O/c1-3-13(12-6-4-11(2)5-7-12)17-15(21)14-10-20(9-8-16)19-18-14/h4-7,10,13H,3,8-9,16H2,1-2H3,(H,17,21). The Morgan fingerprint density at radius 2 is 2.10 bits per heavy atom. The van der Waals surface area contributed by atoms with Gasteiger partial charge in [0.2, 0.25) is 0 Å². The number of nitrogens with two attached hydrogens (primary N) is 1. The maximum absolute atomic E-state index is 12.2. The number of benzene rings is 1. The van der Waals surface area contributed by atoms with Crippen molar-refractivity contribution in [1.29, 1.82) is 0 Å². The Balaban J connectivity index is 2.06. The molecule has 0 fully saturated rings. The van der Waals surface area contributed by atoms with E-state index in [0.717, 1.165) is 12.0 Å². The highest BCUT2D eigenvalue weighted by molar-refractivity contribution is 5.92. The van der Waals surface area contributed by atoms with Crippen LogP contribution in [-0.4, -0.2) is 27.4 Å². The Hall–Kier alpha value is -2.21. The summed E-state index contributed by atoms with van der Waals surface area (Å²) in [7, 11) is 0. The molecule has 1 aromatic heterocycles. The van der Waals surface area contributed by atoms with Gasteiger partial charge in [-0.3, -0.25) is 9.48 Å². The molecule has 1 amide bonds. The number of hydrogen-bond acceptors (Lipinski definition) is 4. The Bertz CT molecular complexity index is 590. The molecular weight excluding hydrogens is 266 g/mol. The van der Waals surface area contributed by atoms with E-state index in [0.29, 0.717) is 18.8 Å². The maximum atomic E-state index is 12.2. The first-order valence-electron chi connectivity index (χ1n) is 7.11. The van der Waals surface area contributed by atoms with Gasteiger partial charge in [-0.25, -0.2) is 0 Å². The monoisotopic (exact) mass is 287 g/mol. The van der Waals surface area contributed by atoms with Crippen LogP contribution >= 0.6 is 0 Å². The lowest BCUT2D eigenvalue weighted by atomic mass is 10.0. The van der Waals surface area contributed by atoms with Crippen LogP contribution in [0.2, 0.25) is 0 Å². The van der Waals surface area contributed by atoms with Crippen LogP contribution in [0.25, 0.3) is 0 Å². The Labute approximate surface area is 124 Å². The van der Waals surface area contributed by atoms with Gasteiger partial charge in [0.15, 0.2) is 5.69 Å². The smallest absolute Gasteiger partial charge is 0.273 e. The van der Waals surface area contributed by atoms with E-state index in [9.17, 15) is 4.79 Å². The van der Waals surface area contributed by atoms with E-state index >= 15 is 0 Å². The van der Waals surface area contributed by atoms with Crippen molar-refractivity contribution in [2.75, 3.05) is 6.54 Å². The molecule has 0 saturated heterocycles. The highest BCUT2D eigenvalue weighted by Gasteiger charge is 2.16. The summed E-state index contributed by atoms with van der Waals surface area (Å²) in [6.45, 7) is 5.09. The molecule has 0 saturated carbocycles. The molecule has 0 bridgehead atoms. The second kappa shape index (κ2) is 6.99. The van der Waals surface area contributed by atoms with E-state index in [4.69, 9.17) is 5.73 Å². The van der Waals surface area contributed by atoms with Gasteiger partial charge in [0.25, 0.3) is 5.91 Å². The van der Waals surface area contributed by atoms with E-state index in [1.165, 1.54) is 5.56 Å². The molecule has 2 aromatic rings. The number of aromatic nitrogens is 3. The fourth-order valence-corrected chi connectivity index (χ4v) is 2.10. The van der Waals surface area contributed by atoms with E-state index in [2.05, 4.69) is 15.6 Å². The Morgan fingerprint density at radius 3 is 2.71 bits per heavy atom. The quantitative estimate of drug-likeness (QED) is 0.841. The second-order valence-electron chi connectivity index (χ2n) is 5.00. The van der Waals surface area contributed by atoms with Gasteiger partial charge in [-0.2, -0.15) is 0 Å². The van der Waals surface area contributed by atoms with Crippen molar-refractivity contribution >= 4 is 5.91 Å². The molecule has 0 radical (unpaired) electrons. The van der Waals surface area contributed by atoms with Crippen molar-refractivity contribution in [2.45, 2.75) is 32.9 Å². The summed E-state index contributed by atoms with van der Waals surface area (Å²) in [6, 6.07) is 8.13. The zero-order valence-electron chi connectivity index (χ0n) is 12.4. The number of carbonyl (C=O) groups is 1. The molecular formula is C15H21N5O. The molecule has 1 unspecified atom stereocenters. The summed E-state index contributed by atoms with van der Waals surface area (Å²) in [6.07, 6.45) is 2.43. The van der Waals surface area contributed by atoms with Crippen LogP contribution < -0.4 is 11.1 Å². The molecule has 112 valence electrons. The summed E-state index contributed by atoms with van der Waals surface area (Å²) in [5, 5.41) is 10.7. The minimum atomic E-state index is -0.217. The Morgan fingerprint density at radius 1 is 1.38 bits per heavy atom. The summed E-state index contributed by atoms with van der Waals surface area (Å²) in [5.41, 5.74) is 8.05. The number of carbonyl (C=O) groups excluding carboxylic acids is 1. The van der Waals surface area contributed by atoms with Crippen LogP contribution in [0.4, 0.5) is 0 Å². The van der Waals surface area contributed by atoms with Crippen LogP contribution in [0.5, 0.6) is 0 Å². The molecule has 3 N–H and O–H groups in total. The third kappa shape index (κ3) is 3.88. The predicted molar refractivity (Wildman–Crippen MR) is 80.8 cm³/mol. The van der Waals surface area contributed by atoms with Crippen molar-refractivity contribution in [1.82, 2.24) is 20.3 Å². The lowest BCUT2D eigenvalue weighted by Crippen LogP contribution is -2.28. The third-order valence-electron chi connectivity index (χ3n) is 3.32. The normalized spacial score (nSPS) is 12.1. The number of aryl methyl sites for hydroxylation is 1. The molecule has 6 nitrogen and oxygen atoms in total. The van der Waals surface area contributed by atoms with E-state index in [-0.39, 0.29) is 11.9 Å². The lowest BCUT2D eigenvalue weighted by molar-refractivity contribution is 0.0930. The van der Waals surface area contributed by atoms with Gasteiger partial charge in [-0.05, 0) is 18.9 Å². The molecule has 0 aliphatic heterocycles. The molecule has 1 atom stereocenters. The first-order valence-corrected chi connectivity index (χ1v) is 7.11. The second-order valence-corrected chi connectivity index (χ2v) is 5.00. The van der Waals surface area contributed by atoms with Crippen LogP contribution in [0.1, 0.15) is 41.0 Å². The van der Waals surface area contributed by atoms with Crippen LogP contribution in [0.3, 0.4) is 0 Å². The number of hydrogen-bond donors (Lipinski definition) is 2. The van der Waals surface area contributed by atoms with E-state index in [1.807, 2.05) is 38.1 Å². The highest BCUT2D eigenvalue weighted by atomic mass is 16.2. The molecule has 21 heavy (non-hydrogen) atoms. The molecule has 6 heteroatoms. The molecule has 2 rings (SSSR count). The van der Waals surface area contributed by atoms with E-state index in [1.54, 1.807) is 10.9 Å². The zero-order chi connectivity index (χ0) is 15.2. The highest BCUT2D eigenvalue weighted by Crippen LogP contribution is 2.17. The molecule has 0 spiro atoms. The lowest BCUT2D eigenvalue weighted by Gasteiger charge is -2.16. The van der Waals surface area contributed by atoms with Crippen molar-refractivity contribution in [3.05, 3.63) is 47.3 Å². The minimum Gasteiger partial charge on any atom is -0.344 e. The largest absolute Gasteiger partial charge is 0.344 e. The fraction of sp³-hybridized carbons (Fsp3) is 0.400. The first-order chi connectivity index (χ1) is 10.1. The van der Waals surface area contributed by atoms with E-state index < -0.39 is 0 Å². The topological polar surface area (TPSA) is 85.8 Å². The van der Waals surface area contributed by atoms with Gasteiger partial charge in [-0.15, -0.1) is 5.10 Å². The molecule has 0 aliphatic carbocycles. The summed E-state index contributed by atoms with van der Waals surface area (Å²) in [5.74, 6) is -0.217. The molecule has 1 aromatic carbocycles. The van der Waals surface area contributed by atoms with Crippen molar-refractivity contribution < 1.29 is 4.79 Å². The van der Waals surface area contributed by atoms with Gasteiger partial charge < -0.3 is 11.1 Å². The third-order valence-corrected chi connectivity index (χ3v) is 3.32. The first kappa shape index (κ1) is 15.2. The number of nitrogens with one attached hydrogen (secondary N) is 1. The number of amides is 1. The van der Waals surface area contributed by atoms with Crippen molar-refractivity contribution in [3.63, 3.8) is 0 Å². The van der Waals surface area contributed by atoms with Crippen molar-refractivity contribution in [3.8, 4) is 0 Å². The van der Waals surface area contributed by atoms with Gasteiger partial charge >= 0.3 is 0 Å². The maximum Gasteiger partial charge on any atom is 0.273 e. The van der Waals surface area contributed by atoms with Crippen LogP contribution in [0.15, 0.2) is 30.5 Å². The van der Waals surface area contributed by atoms with Crippen LogP contribution in [-0.2, 0) is 6.54 Å². The van der Waals surface area contributed by atoms with Crippen molar-refractivity contribution in [2.24, 2.45) is 5.73 Å². The zero-order valence-corrected chi connectivity index (χ0v) is 12.4. The molecule has 1 heterocycles.